The van der Waals surface area contributed by atoms with Gasteiger partial charge in [-0.2, -0.15) is 0 Å². The van der Waals surface area contributed by atoms with E-state index in [0.29, 0.717) is 5.92 Å². The fourth-order valence-corrected chi connectivity index (χ4v) is 5.32. The van der Waals surface area contributed by atoms with Crippen LogP contribution in [0.5, 0.6) is 0 Å². The van der Waals surface area contributed by atoms with Crippen molar-refractivity contribution in [3.05, 3.63) is 0 Å². The second kappa shape index (κ2) is 4.54. The lowest BCUT2D eigenvalue weighted by atomic mass is 9.90. The zero-order chi connectivity index (χ0) is 9.99. The maximum Gasteiger partial charge on any atom is 0.347 e. The SMILES string of the molecule is CCC(C)C(C)(CC)[Si](Cl)(Cl)Cl. The van der Waals surface area contributed by atoms with Gasteiger partial charge in [0, 0.05) is 5.04 Å². The summed E-state index contributed by atoms with van der Waals surface area (Å²) in [4.78, 5) is 0. The molecule has 0 aliphatic carbocycles. The second-order valence-corrected chi connectivity index (χ2v) is 12.6. The first kappa shape index (κ1) is 13.1. The van der Waals surface area contributed by atoms with Gasteiger partial charge in [0.1, 0.15) is 0 Å². The van der Waals surface area contributed by atoms with Crippen LogP contribution < -0.4 is 0 Å². The predicted molar refractivity (Wildman–Crippen MR) is 61.4 cm³/mol. The number of rotatable bonds is 4. The highest BCUT2D eigenvalue weighted by molar-refractivity contribution is 7.65. The molecule has 0 nitrogen and oxygen atoms in total. The average molecular weight is 248 g/mol. The Morgan fingerprint density at radius 3 is 1.75 bits per heavy atom. The topological polar surface area (TPSA) is 0 Å². The van der Waals surface area contributed by atoms with E-state index in [2.05, 4.69) is 27.7 Å². The van der Waals surface area contributed by atoms with Crippen LogP contribution in [-0.4, -0.2) is 6.00 Å². The molecule has 0 saturated heterocycles. The lowest BCUT2D eigenvalue weighted by molar-refractivity contribution is 0.383. The first-order chi connectivity index (χ1) is 5.29. The van der Waals surface area contributed by atoms with E-state index < -0.39 is 6.00 Å². The van der Waals surface area contributed by atoms with E-state index in [4.69, 9.17) is 33.2 Å². The molecule has 2 unspecified atom stereocenters. The Bertz CT molecular complexity index is 144. The van der Waals surface area contributed by atoms with Gasteiger partial charge >= 0.3 is 6.00 Å². The van der Waals surface area contributed by atoms with Gasteiger partial charge in [-0.15, -0.1) is 33.2 Å². The van der Waals surface area contributed by atoms with E-state index in [1.807, 2.05) is 0 Å². The average Bonchev–Trinajstić information content (AvgIpc) is 1.99. The molecular weight excluding hydrogens is 231 g/mol. The van der Waals surface area contributed by atoms with Crippen molar-refractivity contribution in [1.82, 2.24) is 0 Å². The Hall–Kier alpha value is 1.09. The van der Waals surface area contributed by atoms with Crippen LogP contribution in [0, 0.1) is 5.92 Å². The highest BCUT2D eigenvalue weighted by atomic mass is 35.8. The van der Waals surface area contributed by atoms with Crippen LogP contribution in [0.2, 0.25) is 5.04 Å². The molecule has 12 heavy (non-hydrogen) atoms. The molecule has 0 rings (SSSR count). The van der Waals surface area contributed by atoms with Crippen LogP contribution in [0.1, 0.15) is 40.5 Å². The molecule has 0 spiro atoms. The van der Waals surface area contributed by atoms with E-state index in [1.165, 1.54) is 0 Å². The van der Waals surface area contributed by atoms with Crippen molar-refractivity contribution in [1.29, 1.82) is 0 Å². The van der Waals surface area contributed by atoms with Gasteiger partial charge in [-0.1, -0.05) is 34.1 Å². The second-order valence-electron chi connectivity index (χ2n) is 3.58. The molecule has 0 aromatic rings. The minimum absolute atomic E-state index is 0.0770. The van der Waals surface area contributed by atoms with Gasteiger partial charge in [0.05, 0.1) is 0 Å². The summed E-state index contributed by atoms with van der Waals surface area (Å²) in [6, 6.07) is -2.58. The van der Waals surface area contributed by atoms with Crippen molar-refractivity contribution in [2.24, 2.45) is 5.92 Å². The van der Waals surface area contributed by atoms with Crippen LogP contribution in [0.15, 0.2) is 0 Å². The van der Waals surface area contributed by atoms with Crippen LogP contribution in [0.3, 0.4) is 0 Å². The third-order valence-electron chi connectivity index (χ3n) is 3.08. The molecular formula is C8H17Cl3Si. The summed E-state index contributed by atoms with van der Waals surface area (Å²) in [5.41, 5.74) is 0. The predicted octanol–water partition coefficient (Wildman–Crippen LogP) is 4.86. The Kier molecular flexibility index (Phi) is 4.95. The van der Waals surface area contributed by atoms with E-state index in [1.54, 1.807) is 0 Å². The zero-order valence-corrected chi connectivity index (χ0v) is 11.4. The summed E-state index contributed by atoms with van der Waals surface area (Å²) in [6.07, 6.45) is 2.02. The van der Waals surface area contributed by atoms with Gasteiger partial charge in [-0.05, 0) is 12.3 Å². The Morgan fingerprint density at radius 2 is 1.67 bits per heavy atom. The molecule has 0 saturated carbocycles. The summed E-state index contributed by atoms with van der Waals surface area (Å²) in [7, 11) is 0. The largest absolute Gasteiger partial charge is 0.347 e. The molecule has 2 atom stereocenters. The third kappa shape index (κ3) is 2.54. The van der Waals surface area contributed by atoms with Gasteiger partial charge in [0.25, 0.3) is 0 Å². The van der Waals surface area contributed by atoms with Crippen molar-refractivity contribution < 1.29 is 0 Å². The molecule has 0 aliphatic heterocycles. The fourth-order valence-electron chi connectivity index (χ4n) is 1.28. The quantitative estimate of drug-likeness (QED) is 0.492. The molecule has 0 fully saturated rings. The Labute approximate surface area is 90.7 Å². The maximum absolute atomic E-state index is 6.08. The molecule has 0 aliphatic rings. The minimum atomic E-state index is -2.58. The number of hydrogen-bond donors (Lipinski definition) is 0. The smallest absolute Gasteiger partial charge is 0.125 e. The highest BCUT2D eigenvalue weighted by Crippen LogP contribution is 2.54. The van der Waals surface area contributed by atoms with E-state index >= 15 is 0 Å². The van der Waals surface area contributed by atoms with Gasteiger partial charge < -0.3 is 0 Å². The van der Waals surface area contributed by atoms with Crippen molar-refractivity contribution in [2.75, 3.05) is 0 Å². The maximum atomic E-state index is 6.08. The summed E-state index contributed by atoms with van der Waals surface area (Å²) in [5.74, 6) is 0.488. The van der Waals surface area contributed by atoms with Gasteiger partial charge in [0.2, 0.25) is 0 Å². The lowest BCUT2D eigenvalue weighted by Gasteiger charge is -2.38. The molecule has 0 amide bonds. The molecule has 0 bridgehead atoms. The van der Waals surface area contributed by atoms with Crippen LogP contribution in [0.25, 0.3) is 0 Å². The minimum Gasteiger partial charge on any atom is -0.125 e. The first-order valence-corrected chi connectivity index (χ1v) is 9.39. The Balaban J connectivity index is 4.67. The third-order valence-corrected chi connectivity index (χ3v) is 9.11. The van der Waals surface area contributed by atoms with Crippen LogP contribution in [-0.2, 0) is 0 Å². The summed E-state index contributed by atoms with van der Waals surface area (Å²) < 4.78 is 0. The van der Waals surface area contributed by atoms with Crippen molar-refractivity contribution in [3.8, 4) is 0 Å². The number of halogens is 3. The monoisotopic (exact) mass is 246 g/mol. The summed E-state index contributed by atoms with van der Waals surface area (Å²) in [6.45, 7) is 8.50. The van der Waals surface area contributed by atoms with Crippen molar-refractivity contribution in [2.45, 2.75) is 45.6 Å². The van der Waals surface area contributed by atoms with Crippen molar-refractivity contribution >= 4 is 39.2 Å². The van der Waals surface area contributed by atoms with E-state index in [9.17, 15) is 0 Å². The van der Waals surface area contributed by atoms with E-state index in [0.717, 1.165) is 12.8 Å². The van der Waals surface area contributed by atoms with E-state index in [-0.39, 0.29) is 5.04 Å². The zero-order valence-electron chi connectivity index (χ0n) is 8.13. The first-order valence-electron chi connectivity index (χ1n) is 4.36. The van der Waals surface area contributed by atoms with Crippen LogP contribution >= 0.6 is 33.2 Å². The molecule has 0 heterocycles. The molecule has 4 heteroatoms. The molecule has 74 valence electrons. The Morgan fingerprint density at radius 1 is 1.25 bits per heavy atom. The lowest BCUT2D eigenvalue weighted by Crippen LogP contribution is -2.35. The molecule has 0 aromatic heterocycles. The van der Waals surface area contributed by atoms with Gasteiger partial charge in [-0.25, -0.2) is 0 Å². The number of hydrogen-bond acceptors (Lipinski definition) is 0. The van der Waals surface area contributed by atoms with Gasteiger partial charge in [0.15, 0.2) is 0 Å². The molecule has 0 radical (unpaired) electrons. The van der Waals surface area contributed by atoms with Crippen LogP contribution in [0.4, 0.5) is 0 Å². The normalized spacial score (nSPS) is 20.2. The van der Waals surface area contributed by atoms with Gasteiger partial charge in [-0.3, -0.25) is 0 Å². The molecule has 0 aromatic carbocycles. The summed E-state index contributed by atoms with van der Waals surface area (Å²) in [5, 5.41) is -0.0770. The fraction of sp³-hybridized carbons (Fsp3) is 1.00. The standard InChI is InChI=1S/C8H17Cl3Si/c1-5-7(3)8(4,6-2)12(9,10)11/h7H,5-6H2,1-4H3. The highest BCUT2D eigenvalue weighted by Gasteiger charge is 2.49. The van der Waals surface area contributed by atoms with Crippen molar-refractivity contribution in [3.63, 3.8) is 0 Å². The molecule has 0 N–H and O–H groups in total. The summed E-state index contributed by atoms with van der Waals surface area (Å²) >= 11 is 18.3.